The zero-order chi connectivity index (χ0) is 26.4. The van der Waals surface area contributed by atoms with Gasteiger partial charge in [0.1, 0.15) is 11.9 Å². The maximum absolute atomic E-state index is 13.7. The number of hydrogen-bond donors (Lipinski definition) is 1. The van der Waals surface area contributed by atoms with E-state index in [-0.39, 0.29) is 17.5 Å². The topological polar surface area (TPSA) is 111 Å². The molecular weight excluding hydrogens is 487 g/mol. The van der Waals surface area contributed by atoms with Crippen molar-refractivity contribution in [1.82, 2.24) is 34.8 Å². The molecule has 3 atom stereocenters. The second kappa shape index (κ2) is 9.18. The summed E-state index contributed by atoms with van der Waals surface area (Å²) < 4.78 is 16.8. The quantitative estimate of drug-likeness (QED) is 0.389. The van der Waals surface area contributed by atoms with Crippen LogP contribution in [0, 0.1) is 11.7 Å². The number of carbonyl (C=O) groups is 2. The Hall–Kier alpha value is -4.93. The van der Waals surface area contributed by atoms with Gasteiger partial charge in [-0.05, 0) is 54.6 Å². The number of rotatable bonds is 5. The summed E-state index contributed by atoms with van der Waals surface area (Å²) in [5, 5.41) is 12.8. The minimum Gasteiger partial charge on any atom is -0.343 e. The van der Waals surface area contributed by atoms with Gasteiger partial charge in [-0.2, -0.15) is 10.2 Å². The molecule has 5 aromatic rings. The van der Waals surface area contributed by atoms with Crippen LogP contribution in [0.4, 0.5) is 10.1 Å². The predicted molar refractivity (Wildman–Crippen MR) is 137 cm³/mol. The highest BCUT2D eigenvalue weighted by Gasteiger charge is 2.49. The van der Waals surface area contributed by atoms with Crippen LogP contribution in [-0.2, 0) is 11.8 Å². The molecule has 6 rings (SSSR count). The van der Waals surface area contributed by atoms with Gasteiger partial charge in [0.15, 0.2) is 0 Å². The Bertz CT molecular complexity index is 1650. The normalized spacial score (nSPS) is 19.3. The second-order valence-corrected chi connectivity index (χ2v) is 9.20. The Kier molecular flexibility index (Phi) is 5.67. The Balaban J connectivity index is 1.39. The van der Waals surface area contributed by atoms with Crippen molar-refractivity contribution >= 4 is 28.4 Å². The first-order valence-corrected chi connectivity index (χ1v) is 12.0. The molecule has 1 aliphatic rings. The fourth-order valence-electron chi connectivity index (χ4n) is 4.93. The standard InChI is InChI=1S/C27H23FN8O2/c1-16-23(32-26(37)25-29-11-3-12-30-25)24(21-10-13-34(2)33-21)35(27(16)38)20-8-9-22-17(14-20)15-31-36(22)19-6-4-18(28)5-7-19/h3-16,23-24H,1-2H3,(H,32,37). The van der Waals surface area contributed by atoms with Crippen molar-refractivity contribution in [2.75, 3.05) is 4.90 Å². The molecule has 2 amide bonds. The Morgan fingerprint density at radius 1 is 1.03 bits per heavy atom. The fraction of sp³-hybridized carbons (Fsp3) is 0.185. The van der Waals surface area contributed by atoms with Crippen LogP contribution in [0.5, 0.6) is 0 Å². The second-order valence-electron chi connectivity index (χ2n) is 9.20. The summed E-state index contributed by atoms with van der Waals surface area (Å²) in [7, 11) is 1.80. The number of nitrogens with one attached hydrogen (secondary N) is 1. The van der Waals surface area contributed by atoms with Crippen LogP contribution in [0.15, 0.2) is 79.4 Å². The van der Waals surface area contributed by atoms with Crippen LogP contribution < -0.4 is 10.2 Å². The first kappa shape index (κ1) is 23.5. The van der Waals surface area contributed by atoms with Gasteiger partial charge in [-0.15, -0.1) is 0 Å². The highest BCUT2D eigenvalue weighted by Crippen LogP contribution is 2.40. The molecule has 1 fully saturated rings. The molecule has 1 saturated heterocycles. The molecule has 38 heavy (non-hydrogen) atoms. The highest BCUT2D eigenvalue weighted by molar-refractivity contribution is 6.02. The molecule has 0 aliphatic carbocycles. The van der Waals surface area contributed by atoms with Gasteiger partial charge < -0.3 is 10.2 Å². The molecule has 4 heterocycles. The molecule has 0 radical (unpaired) electrons. The largest absolute Gasteiger partial charge is 0.343 e. The lowest BCUT2D eigenvalue weighted by Gasteiger charge is -2.27. The number of benzene rings is 2. The van der Waals surface area contributed by atoms with E-state index in [0.717, 1.165) is 16.6 Å². The van der Waals surface area contributed by atoms with Crippen molar-refractivity contribution < 1.29 is 14.0 Å². The predicted octanol–water partition coefficient (Wildman–Crippen LogP) is 3.21. The van der Waals surface area contributed by atoms with Crippen molar-refractivity contribution in [2.45, 2.75) is 19.0 Å². The number of nitrogens with zero attached hydrogens (tertiary/aromatic N) is 7. The third kappa shape index (κ3) is 3.97. The van der Waals surface area contributed by atoms with E-state index in [4.69, 9.17) is 0 Å². The number of hydrogen-bond acceptors (Lipinski definition) is 6. The number of halogens is 1. The molecule has 190 valence electrons. The molecule has 0 bridgehead atoms. The summed E-state index contributed by atoms with van der Waals surface area (Å²) in [6, 6.07) is 14.0. The summed E-state index contributed by atoms with van der Waals surface area (Å²) >= 11 is 0. The molecule has 3 unspecified atom stereocenters. The molecule has 10 nitrogen and oxygen atoms in total. The van der Waals surface area contributed by atoms with Gasteiger partial charge in [-0.3, -0.25) is 14.3 Å². The lowest BCUT2D eigenvalue weighted by atomic mass is 9.97. The SMILES string of the molecule is CC1C(=O)N(c2ccc3c(cnn3-c3ccc(F)cc3)c2)C(c2ccn(C)n2)C1NC(=O)c1ncccn1. The van der Waals surface area contributed by atoms with Gasteiger partial charge in [-0.1, -0.05) is 6.92 Å². The van der Waals surface area contributed by atoms with E-state index in [0.29, 0.717) is 11.4 Å². The van der Waals surface area contributed by atoms with E-state index in [2.05, 4.69) is 25.5 Å². The average molecular weight is 511 g/mol. The number of carbonyl (C=O) groups excluding carboxylic acids is 2. The van der Waals surface area contributed by atoms with Crippen molar-refractivity contribution in [3.05, 3.63) is 96.7 Å². The van der Waals surface area contributed by atoms with Crippen LogP contribution in [0.1, 0.15) is 29.3 Å². The summed E-state index contributed by atoms with van der Waals surface area (Å²) in [6.45, 7) is 1.79. The number of anilines is 1. The molecule has 1 N–H and O–H groups in total. The Morgan fingerprint density at radius 3 is 2.47 bits per heavy atom. The van der Waals surface area contributed by atoms with Gasteiger partial charge in [0, 0.05) is 36.7 Å². The third-order valence-corrected chi connectivity index (χ3v) is 6.79. The first-order valence-electron chi connectivity index (χ1n) is 12.0. The van der Waals surface area contributed by atoms with Gasteiger partial charge in [0.2, 0.25) is 11.7 Å². The van der Waals surface area contributed by atoms with Crippen LogP contribution in [-0.4, -0.2) is 47.4 Å². The van der Waals surface area contributed by atoms with E-state index in [9.17, 15) is 14.0 Å². The lowest BCUT2D eigenvalue weighted by molar-refractivity contribution is -0.120. The van der Waals surface area contributed by atoms with Crippen molar-refractivity contribution in [3.8, 4) is 5.69 Å². The van der Waals surface area contributed by atoms with Gasteiger partial charge in [-0.25, -0.2) is 19.0 Å². The minimum atomic E-state index is -0.577. The zero-order valence-electron chi connectivity index (χ0n) is 20.6. The number of aromatic nitrogens is 6. The maximum Gasteiger partial charge on any atom is 0.289 e. The highest BCUT2D eigenvalue weighted by atomic mass is 19.1. The number of amides is 2. The van der Waals surface area contributed by atoms with E-state index in [1.165, 1.54) is 24.5 Å². The van der Waals surface area contributed by atoms with Crippen LogP contribution >= 0.6 is 0 Å². The fourth-order valence-corrected chi connectivity index (χ4v) is 4.93. The van der Waals surface area contributed by atoms with Crippen molar-refractivity contribution in [1.29, 1.82) is 0 Å². The Morgan fingerprint density at radius 2 is 1.76 bits per heavy atom. The lowest BCUT2D eigenvalue weighted by Crippen LogP contribution is -2.42. The molecule has 2 aromatic carbocycles. The molecule has 0 saturated carbocycles. The van der Waals surface area contributed by atoms with Crippen molar-refractivity contribution in [3.63, 3.8) is 0 Å². The van der Waals surface area contributed by atoms with Crippen LogP contribution in [0.2, 0.25) is 0 Å². The maximum atomic E-state index is 13.7. The Labute approximate surface area is 216 Å². The summed E-state index contributed by atoms with van der Waals surface area (Å²) in [5.41, 5.74) is 2.82. The first-order chi connectivity index (χ1) is 18.4. The molecule has 3 aromatic heterocycles. The van der Waals surface area contributed by atoms with Gasteiger partial charge >= 0.3 is 0 Å². The summed E-state index contributed by atoms with van der Waals surface area (Å²) in [5.74, 6) is -1.44. The monoisotopic (exact) mass is 510 g/mol. The third-order valence-electron chi connectivity index (χ3n) is 6.79. The summed E-state index contributed by atoms with van der Waals surface area (Å²) in [4.78, 5) is 36.4. The zero-order valence-corrected chi connectivity index (χ0v) is 20.6. The van der Waals surface area contributed by atoms with Crippen molar-refractivity contribution in [2.24, 2.45) is 13.0 Å². The smallest absolute Gasteiger partial charge is 0.289 e. The van der Waals surface area contributed by atoms with Gasteiger partial charge in [0.05, 0.1) is 35.1 Å². The molecular formula is C27H23FN8O2. The average Bonchev–Trinajstić information content (AvgIpc) is 3.62. The van der Waals surface area contributed by atoms with E-state index < -0.39 is 23.9 Å². The van der Waals surface area contributed by atoms with Crippen LogP contribution in [0.3, 0.4) is 0 Å². The summed E-state index contributed by atoms with van der Waals surface area (Å²) in [6.07, 6.45) is 6.49. The van der Waals surface area contributed by atoms with E-state index >= 15 is 0 Å². The minimum absolute atomic E-state index is 0.0278. The van der Waals surface area contributed by atoms with Gasteiger partial charge in [0.25, 0.3) is 5.91 Å². The van der Waals surface area contributed by atoms with E-state index in [1.807, 2.05) is 24.3 Å². The number of fused-ring (bicyclic) bond motifs is 1. The van der Waals surface area contributed by atoms with Crippen LogP contribution in [0.25, 0.3) is 16.6 Å². The molecule has 11 heteroatoms. The molecule has 1 aliphatic heterocycles. The molecule has 0 spiro atoms. The van der Waals surface area contributed by atoms with E-state index in [1.54, 1.807) is 58.8 Å². The number of aryl methyl sites for hydroxylation is 1.